The Morgan fingerprint density at radius 3 is 2.29 bits per heavy atom. The minimum atomic E-state index is -1.09. The molecule has 35 heavy (non-hydrogen) atoms. The highest BCUT2D eigenvalue weighted by molar-refractivity contribution is 5.86. The van der Waals surface area contributed by atoms with Crippen LogP contribution in [0.3, 0.4) is 0 Å². The van der Waals surface area contributed by atoms with Crippen LogP contribution in [0.5, 0.6) is 0 Å². The first-order valence-corrected chi connectivity index (χ1v) is 12.0. The highest BCUT2D eigenvalue weighted by Gasteiger charge is 2.37. The quantitative estimate of drug-likeness (QED) is 0.557. The average molecular weight is 484 g/mol. The summed E-state index contributed by atoms with van der Waals surface area (Å²) in [6.07, 6.45) is 0.730. The van der Waals surface area contributed by atoms with Crippen molar-refractivity contribution >= 4 is 5.91 Å². The molecular formula is C26H31F2N5O2. The number of nitrogens with one attached hydrogen (secondary N) is 2. The number of nitrogens with zero attached hydrogens (tertiary/aromatic N) is 2. The maximum Gasteiger partial charge on any atom is 0.241 e. The Morgan fingerprint density at radius 1 is 1.11 bits per heavy atom. The summed E-state index contributed by atoms with van der Waals surface area (Å²) in [6.45, 7) is 4.84. The summed E-state index contributed by atoms with van der Waals surface area (Å²) in [5, 5.41) is 15.4. The average Bonchev–Trinajstić information content (AvgIpc) is 2.87. The van der Waals surface area contributed by atoms with E-state index in [1.165, 1.54) is 12.1 Å². The summed E-state index contributed by atoms with van der Waals surface area (Å²) in [4.78, 5) is 14.8. The van der Waals surface area contributed by atoms with Crippen molar-refractivity contribution in [3.8, 4) is 17.2 Å². The first kappa shape index (κ1) is 25.2. The lowest BCUT2D eigenvalue weighted by Crippen LogP contribution is -2.58. The molecule has 2 heterocycles. The Morgan fingerprint density at radius 2 is 1.71 bits per heavy atom. The van der Waals surface area contributed by atoms with Gasteiger partial charge < -0.3 is 21.1 Å². The van der Waals surface area contributed by atoms with E-state index in [1.54, 1.807) is 24.3 Å². The van der Waals surface area contributed by atoms with Crippen molar-refractivity contribution in [3.63, 3.8) is 0 Å². The normalized spacial score (nSPS) is 19.0. The third-order valence-corrected chi connectivity index (χ3v) is 6.77. The molecule has 2 aromatic rings. The van der Waals surface area contributed by atoms with Gasteiger partial charge >= 0.3 is 0 Å². The Bertz CT molecular complexity index is 1090. The van der Waals surface area contributed by atoms with Crippen molar-refractivity contribution in [1.29, 1.82) is 5.26 Å². The van der Waals surface area contributed by atoms with Gasteiger partial charge in [-0.15, -0.1) is 0 Å². The molecule has 2 saturated heterocycles. The molecule has 2 fully saturated rings. The van der Waals surface area contributed by atoms with E-state index in [1.807, 2.05) is 6.07 Å². The third-order valence-electron chi connectivity index (χ3n) is 6.77. The molecule has 2 aliphatic rings. The van der Waals surface area contributed by atoms with E-state index in [0.29, 0.717) is 49.3 Å². The lowest BCUT2D eigenvalue weighted by Gasteiger charge is -2.32. The molecule has 186 valence electrons. The number of carbonyl (C=O) groups is 1. The van der Waals surface area contributed by atoms with E-state index in [2.05, 4.69) is 15.5 Å². The van der Waals surface area contributed by atoms with Crippen LogP contribution in [0, 0.1) is 23.0 Å². The Hall–Kier alpha value is -2.90. The van der Waals surface area contributed by atoms with Gasteiger partial charge in [0, 0.05) is 57.9 Å². The van der Waals surface area contributed by atoms with Gasteiger partial charge in [0.1, 0.15) is 17.7 Å². The van der Waals surface area contributed by atoms with E-state index >= 15 is 0 Å². The van der Waals surface area contributed by atoms with E-state index < -0.39 is 23.3 Å². The van der Waals surface area contributed by atoms with Crippen LogP contribution in [-0.2, 0) is 22.5 Å². The zero-order valence-corrected chi connectivity index (χ0v) is 19.7. The van der Waals surface area contributed by atoms with Gasteiger partial charge in [-0.25, -0.2) is 8.78 Å². The SMILES string of the molecule is N#C[C@H](Cc1ccc(-c2ccc(CN3CCNCC3)c(F)c2)cc1F)NC(=O)C1(N)CCOCC1. The maximum absolute atomic E-state index is 14.9. The highest BCUT2D eigenvalue weighted by Crippen LogP contribution is 2.26. The fourth-order valence-electron chi connectivity index (χ4n) is 4.47. The van der Waals surface area contributed by atoms with Crippen LogP contribution in [0.25, 0.3) is 11.1 Å². The first-order chi connectivity index (χ1) is 16.9. The van der Waals surface area contributed by atoms with Crippen molar-refractivity contribution in [2.24, 2.45) is 5.73 Å². The minimum Gasteiger partial charge on any atom is -0.381 e. The molecule has 1 amide bonds. The van der Waals surface area contributed by atoms with E-state index in [4.69, 9.17) is 10.5 Å². The Kier molecular flexibility index (Phi) is 8.08. The lowest BCUT2D eigenvalue weighted by atomic mass is 9.90. The molecule has 0 bridgehead atoms. The maximum atomic E-state index is 14.9. The van der Waals surface area contributed by atoms with Gasteiger partial charge in [0.2, 0.25) is 5.91 Å². The fraction of sp³-hybridized carbons (Fsp3) is 0.462. The number of piperazine rings is 1. The number of nitrogens with two attached hydrogens (primary N) is 1. The molecule has 0 spiro atoms. The molecular weight excluding hydrogens is 452 g/mol. The molecule has 0 unspecified atom stereocenters. The van der Waals surface area contributed by atoms with E-state index in [0.717, 1.165) is 26.2 Å². The molecule has 4 rings (SSSR count). The highest BCUT2D eigenvalue weighted by atomic mass is 19.1. The van der Waals surface area contributed by atoms with Crippen molar-refractivity contribution < 1.29 is 18.3 Å². The summed E-state index contributed by atoms with van der Waals surface area (Å²) in [7, 11) is 0. The van der Waals surface area contributed by atoms with Gasteiger partial charge in [-0.2, -0.15) is 5.26 Å². The number of ether oxygens (including phenoxy) is 1. The Balaban J connectivity index is 1.41. The predicted molar refractivity (Wildman–Crippen MR) is 128 cm³/mol. The van der Waals surface area contributed by atoms with Gasteiger partial charge in [-0.1, -0.05) is 24.3 Å². The topological polar surface area (TPSA) is 103 Å². The van der Waals surface area contributed by atoms with Gasteiger partial charge in [0.05, 0.1) is 11.6 Å². The van der Waals surface area contributed by atoms with Gasteiger partial charge in [-0.05, 0) is 41.7 Å². The van der Waals surface area contributed by atoms with Crippen molar-refractivity contribution in [2.75, 3.05) is 39.4 Å². The summed E-state index contributed by atoms with van der Waals surface area (Å²) in [6, 6.07) is 10.7. The zero-order chi connectivity index (χ0) is 24.8. The number of rotatable bonds is 7. The molecule has 0 saturated carbocycles. The van der Waals surface area contributed by atoms with Crippen LogP contribution in [0.2, 0.25) is 0 Å². The number of hydrogen-bond acceptors (Lipinski definition) is 6. The molecule has 1 atom stereocenters. The van der Waals surface area contributed by atoms with Crippen LogP contribution >= 0.6 is 0 Å². The van der Waals surface area contributed by atoms with Gasteiger partial charge in [-0.3, -0.25) is 9.69 Å². The summed E-state index contributed by atoms with van der Waals surface area (Å²) in [5.74, 6) is -1.27. The number of amides is 1. The largest absolute Gasteiger partial charge is 0.381 e. The van der Waals surface area contributed by atoms with Crippen LogP contribution in [0.4, 0.5) is 8.78 Å². The molecule has 7 nitrogen and oxygen atoms in total. The summed E-state index contributed by atoms with van der Waals surface area (Å²) >= 11 is 0. The van der Waals surface area contributed by atoms with Crippen molar-refractivity contribution in [2.45, 2.75) is 37.4 Å². The number of benzene rings is 2. The molecule has 0 aliphatic carbocycles. The molecule has 0 aromatic heterocycles. The van der Waals surface area contributed by atoms with E-state index in [-0.39, 0.29) is 17.8 Å². The smallest absolute Gasteiger partial charge is 0.241 e. The summed E-state index contributed by atoms with van der Waals surface area (Å²) < 4.78 is 34.9. The number of halogens is 2. The summed E-state index contributed by atoms with van der Waals surface area (Å²) in [5.41, 5.74) is 7.11. The molecule has 4 N–H and O–H groups in total. The second-order valence-corrected chi connectivity index (χ2v) is 9.27. The van der Waals surface area contributed by atoms with Crippen LogP contribution in [-0.4, -0.2) is 61.8 Å². The first-order valence-electron chi connectivity index (χ1n) is 12.0. The number of carbonyl (C=O) groups excluding carboxylic acids is 1. The monoisotopic (exact) mass is 483 g/mol. The fourth-order valence-corrected chi connectivity index (χ4v) is 4.47. The molecule has 0 radical (unpaired) electrons. The van der Waals surface area contributed by atoms with Crippen LogP contribution in [0.15, 0.2) is 36.4 Å². The predicted octanol–water partition coefficient (Wildman–Crippen LogP) is 2.10. The van der Waals surface area contributed by atoms with Crippen LogP contribution < -0.4 is 16.4 Å². The van der Waals surface area contributed by atoms with Crippen molar-refractivity contribution in [3.05, 3.63) is 59.2 Å². The zero-order valence-electron chi connectivity index (χ0n) is 19.7. The second-order valence-electron chi connectivity index (χ2n) is 9.27. The van der Waals surface area contributed by atoms with Crippen molar-refractivity contribution in [1.82, 2.24) is 15.5 Å². The van der Waals surface area contributed by atoms with E-state index in [9.17, 15) is 18.8 Å². The number of nitriles is 1. The van der Waals surface area contributed by atoms with Gasteiger partial charge in [0.25, 0.3) is 0 Å². The minimum absolute atomic E-state index is 0.00107. The number of hydrogen-bond donors (Lipinski definition) is 3. The van der Waals surface area contributed by atoms with Crippen LogP contribution in [0.1, 0.15) is 24.0 Å². The molecule has 9 heteroatoms. The standard InChI is InChI=1S/C26H31F2N5O2/c27-23-14-18(19-2-4-21(24(28)15-19)17-33-9-7-31-8-10-33)1-3-20(23)13-22(16-29)32-25(34)26(30)5-11-35-12-6-26/h1-4,14-15,22,31H,5-13,17,30H2,(H,32,34)/t22-/m0/s1. The Labute approximate surface area is 204 Å². The third kappa shape index (κ3) is 6.21. The molecule has 2 aromatic carbocycles. The van der Waals surface area contributed by atoms with Gasteiger partial charge in [0.15, 0.2) is 0 Å². The second kappa shape index (κ2) is 11.2. The molecule has 2 aliphatic heterocycles. The lowest BCUT2D eigenvalue weighted by molar-refractivity contribution is -0.130.